The predicted octanol–water partition coefficient (Wildman–Crippen LogP) is 2.96. The van der Waals surface area contributed by atoms with Gasteiger partial charge in [-0.05, 0) is 50.1 Å². The van der Waals surface area contributed by atoms with Gasteiger partial charge in [0.1, 0.15) is 0 Å². The van der Waals surface area contributed by atoms with Crippen LogP contribution in [-0.4, -0.2) is 21.6 Å². The topological polar surface area (TPSA) is 42.2 Å². The van der Waals surface area contributed by atoms with E-state index in [1.54, 1.807) is 6.20 Å². The average molecular weight is 280 g/mol. The molecule has 3 aromatic rings. The fourth-order valence-corrected chi connectivity index (χ4v) is 2.85. The Hall–Kier alpha value is -2.20. The van der Waals surface area contributed by atoms with E-state index >= 15 is 0 Å². The maximum atomic E-state index is 4.42. The predicted molar refractivity (Wildman–Crippen MR) is 84.5 cm³/mol. The normalized spacial score (nSPS) is 12.8. The van der Waals surface area contributed by atoms with Crippen LogP contribution in [0.15, 0.2) is 36.9 Å². The van der Waals surface area contributed by atoms with E-state index in [-0.39, 0.29) is 6.04 Å². The minimum Gasteiger partial charge on any atom is -0.309 e. The number of hydrogen-bond donors (Lipinski definition) is 1. The number of nitrogens with one attached hydrogen (secondary N) is 1. The van der Waals surface area contributed by atoms with Crippen LogP contribution in [0, 0.1) is 20.8 Å². The molecular weight excluding hydrogens is 260 g/mol. The highest BCUT2D eigenvalue weighted by molar-refractivity contribution is 5.56. The molecule has 2 heterocycles. The van der Waals surface area contributed by atoms with Crippen molar-refractivity contribution in [2.45, 2.75) is 26.8 Å². The number of aryl methyl sites for hydroxylation is 3. The molecule has 1 N–H and O–H groups in total. The molecule has 21 heavy (non-hydrogen) atoms. The third-order valence-corrected chi connectivity index (χ3v) is 4.15. The van der Waals surface area contributed by atoms with Crippen LogP contribution >= 0.6 is 0 Å². The first-order valence-electron chi connectivity index (χ1n) is 7.14. The van der Waals surface area contributed by atoms with Gasteiger partial charge in [0.05, 0.1) is 24.0 Å². The van der Waals surface area contributed by atoms with Gasteiger partial charge in [-0.15, -0.1) is 0 Å². The number of benzene rings is 1. The molecule has 0 aliphatic rings. The Bertz CT molecular complexity index is 789. The second kappa shape index (κ2) is 5.30. The summed E-state index contributed by atoms with van der Waals surface area (Å²) in [7, 11) is 1.99. The van der Waals surface area contributed by atoms with E-state index in [1.165, 1.54) is 22.3 Å². The van der Waals surface area contributed by atoms with Crippen molar-refractivity contribution in [1.82, 2.24) is 19.9 Å². The Morgan fingerprint density at radius 1 is 1.00 bits per heavy atom. The molecule has 3 rings (SSSR count). The van der Waals surface area contributed by atoms with E-state index in [1.807, 2.05) is 30.2 Å². The Labute approximate surface area is 124 Å². The molecule has 0 aliphatic carbocycles. The summed E-state index contributed by atoms with van der Waals surface area (Å²) in [5.41, 5.74) is 7.41. The lowest BCUT2D eigenvalue weighted by molar-refractivity contribution is 0.691. The second-order valence-corrected chi connectivity index (χ2v) is 5.52. The van der Waals surface area contributed by atoms with Crippen LogP contribution in [0.1, 0.15) is 33.9 Å². The van der Waals surface area contributed by atoms with E-state index in [2.05, 4.69) is 48.3 Å². The van der Waals surface area contributed by atoms with Crippen molar-refractivity contribution >= 4 is 5.52 Å². The molecule has 0 saturated carbocycles. The molecule has 0 amide bonds. The van der Waals surface area contributed by atoms with Crippen LogP contribution < -0.4 is 5.32 Å². The van der Waals surface area contributed by atoms with Gasteiger partial charge in [-0.3, -0.25) is 4.98 Å². The SMILES string of the molecule is CNC(c1cc(C)c(C)cc1C)c1cnn2ccncc12. The lowest BCUT2D eigenvalue weighted by Gasteiger charge is -2.20. The van der Waals surface area contributed by atoms with Crippen molar-refractivity contribution in [1.29, 1.82) is 0 Å². The Morgan fingerprint density at radius 2 is 1.76 bits per heavy atom. The first-order valence-corrected chi connectivity index (χ1v) is 7.14. The number of hydrogen-bond acceptors (Lipinski definition) is 3. The van der Waals surface area contributed by atoms with Gasteiger partial charge in [-0.1, -0.05) is 12.1 Å². The number of fused-ring (bicyclic) bond motifs is 1. The maximum absolute atomic E-state index is 4.42. The van der Waals surface area contributed by atoms with Gasteiger partial charge in [0.2, 0.25) is 0 Å². The first kappa shape index (κ1) is 13.8. The summed E-state index contributed by atoms with van der Waals surface area (Å²) >= 11 is 0. The van der Waals surface area contributed by atoms with Gasteiger partial charge in [-0.2, -0.15) is 5.10 Å². The van der Waals surface area contributed by atoms with Crippen LogP contribution in [0.3, 0.4) is 0 Å². The minimum atomic E-state index is 0.117. The van der Waals surface area contributed by atoms with Gasteiger partial charge in [0, 0.05) is 18.0 Å². The zero-order valence-electron chi connectivity index (χ0n) is 12.9. The molecule has 108 valence electrons. The zero-order chi connectivity index (χ0) is 15.0. The minimum absolute atomic E-state index is 0.117. The molecule has 1 aromatic carbocycles. The maximum Gasteiger partial charge on any atom is 0.0896 e. The highest BCUT2D eigenvalue weighted by Crippen LogP contribution is 2.29. The average Bonchev–Trinajstić information content (AvgIpc) is 2.89. The summed E-state index contributed by atoms with van der Waals surface area (Å²) in [4.78, 5) is 4.22. The van der Waals surface area contributed by atoms with Crippen LogP contribution in [0.25, 0.3) is 5.52 Å². The molecule has 0 aliphatic heterocycles. The summed E-state index contributed by atoms with van der Waals surface area (Å²) < 4.78 is 1.86. The second-order valence-electron chi connectivity index (χ2n) is 5.52. The summed E-state index contributed by atoms with van der Waals surface area (Å²) in [6.07, 6.45) is 7.41. The van der Waals surface area contributed by atoms with E-state index in [0.717, 1.165) is 11.1 Å². The molecule has 1 unspecified atom stereocenters. The number of rotatable bonds is 3. The third-order valence-electron chi connectivity index (χ3n) is 4.15. The Morgan fingerprint density at radius 3 is 2.52 bits per heavy atom. The highest BCUT2D eigenvalue weighted by atomic mass is 15.2. The van der Waals surface area contributed by atoms with Gasteiger partial charge in [0.15, 0.2) is 0 Å². The van der Waals surface area contributed by atoms with Gasteiger partial charge in [0.25, 0.3) is 0 Å². The van der Waals surface area contributed by atoms with E-state index in [4.69, 9.17) is 0 Å². The fourth-order valence-electron chi connectivity index (χ4n) is 2.85. The van der Waals surface area contributed by atoms with Crippen LogP contribution in [0.5, 0.6) is 0 Å². The van der Waals surface area contributed by atoms with Crippen molar-refractivity contribution in [3.8, 4) is 0 Å². The Kier molecular flexibility index (Phi) is 3.47. The quantitative estimate of drug-likeness (QED) is 0.802. The van der Waals surface area contributed by atoms with E-state index in [0.29, 0.717) is 0 Å². The summed E-state index contributed by atoms with van der Waals surface area (Å²) in [6, 6.07) is 4.64. The van der Waals surface area contributed by atoms with Crippen molar-refractivity contribution in [3.05, 3.63) is 64.7 Å². The molecule has 0 saturated heterocycles. The van der Waals surface area contributed by atoms with Crippen LogP contribution in [-0.2, 0) is 0 Å². The van der Waals surface area contributed by atoms with Crippen LogP contribution in [0.2, 0.25) is 0 Å². The van der Waals surface area contributed by atoms with Crippen molar-refractivity contribution in [3.63, 3.8) is 0 Å². The molecule has 2 aromatic heterocycles. The standard InChI is InChI=1S/C17H20N4/c1-11-7-13(3)14(8-12(11)2)17(18-4)15-9-20-21-6-5-19-10-16(15)21/h5-10,17-18H,1-4H3. The first-order chi connectivity index (χ1) is 10.1. The highest BCUT2D eigenvalue weighted by Gasteiger charge is 2.19. The molecule has 0 radical (unpaired) electrons. The third kappa shape index (κ3) is 2.32. The molecule has 0 bridgehead atoms. The number of nitrogens with zero attached hydrogens (tertiary/aromatic N) is 3. The zero-order valence-corrected chi connectivity index (χ0v) is 12.9. The molecule has 0 fully saturated rings. The lowest BCUT2D eigenvalue weighted by Crippen LogP contribution is -2.19. The Balaban J connectivity index is 2.17. The molecular formula is C17H20N4. The van der Waals surface area contributed by atoms with Gasteiger partial charge in [-0.25, -0.2) is 4.52 Å². The number of aromatic nitrogens is 3. The molecule has 4 heteroatoms. The summed E-state index contributed by atoms with van der Waals surface area (Å²) in [5, 5.41) is 7.84. The van der Waals surface area contributed by atoms with Crippen molar-refractivity contribution < 1.29 is 0 Å². The van der Waals surface area contributed by atoms with Crippen LogP contribution in [0.4, 0.5) is 0 Å². The van der Waals surface area contributed by atoms with Gasteiger partial charge >= 0.3 is 0 Å². The molecule has 0 spiro atoms. The summed E-state index contributed by atoms with van der Waals surface area (Å²) in [6.45, 7) is 6.47. The summed E-state index contributed by atoms with van der Waals surface area (Å²) in [5.74, 6) is 0. The fraction of sp³-hybridized carbons (Fsp3) is 0.294. The van der Waals surface area contributed by atoms with Crippen molar-refractivity contribution in [2.24, 2.45) is 0 Å². The van der Waals surface area contributed by atoms with Crippen molar-refractivity contribution in [2.75, 3.05) is 7.05 Å². The molecule has 1 atom stereocenters. The lowest BCUT2D eigenvalue weighted by atomic mass is 9.92. The molecule has 4 nitrogen and oxygen atoms in total. The van der Waals surface area contributed by atoms with Gasteiger partial charge < -0.3 is 5.32 Å². The van der Waals surface area contributed by atoms with E-state index < -0.39 is 0 Å². The largest absolute Gasteiger partial charge is 0.309 e. The monoisotopic (exact) mass is 280 g/mol. The smallest absolute Gasteiger partial charge is 0.0896 e. The van der Waals surface area contributed by atoms with E-state index in [9.17, 15) is 0 Å².